The zero-order valence-corrected chi connectivity index (χ0v) is 24.1. The fraction of sp³-hybridized carbons (Fsp3) is 0.250. The third-order valence-electron chi connectivity index (χ3n) is 5.61. The molecule has 1 aromatic heterocycles. The second-order valence-electron chi connectivity index (χ2n) is 9.74. The lowest BCUT2D eigenvalue weighted by Gasteiger charge is -2.21. The number of aromatic nitrogens is 2. The van der Waals surface area contributed by atoms with Gasteiger partial charge in [0, 0.05) is 45.8 Å². The van der Waals surface area contributed by atoms with Crippen LogP contribution in [0.25, 0.3) is 10.9 Å². The zero-order chi connectivity index (χ0) is 26.0. The molecule has 0 N–H and O–H groups in total. The van der Waals surface area contributed by atoms with E-state index in [4.69, 9.17) is 9.72 Å². The maximum absolute atomic E-state index is 13.5. The van der Waals surface area contributed by atoms with Crippen LogP contribution in [0.4, 0.5) is 5.69 Å². The van der Waals surface area contributed by atoms with Crippen molar-refractivity contribution in [3.05, 3.63) is 96.9 Å². The van der Waals surface area contributed by atoms with Crippen molar-refractivity contribution in [1.29, 1.82) is 0 Å². The summed E-state index contributed by atoms with van der Waals surface area (Å²) in [4.78, 5) is 20.3. The number of hydrogen-bond acceptors (Lipinski definition) is 5. The van der Waals surface area contributed by atoms with Gasteiger partial charge in [0.1, 0.15) is 18.2 Å². The van der Waals surface area contributed by atoms with Crippen LogP contribution in [0.15, 0.2) is 79.5 Å². The molecule has 0 bridgehead atoms. The van der Waals surface area contributed by atoms with E-state index < -0.39 is 5.41 Å². The molecule has 0 aliphatic rings. The van der Waals surface area contributed by atoms with Crippen molar-refractivity contribution in [1.82, 2.24) is 9.66 Å². The molecule has 1 heterocycles. The lowest BCUT2D eigenvalue weighted by Crippen LogP contribution is -2.29. The predicted molar refractivity (Wildman–Crippen MR) is 155 cm³/mol. The first kappa shape index (κ1) is 26.1. The van der Waals surface area contributed by atoms with Gasteiger partial charge >= 0.3 is 0 Å². The molecule has 0 spiro atoms. The monoisotopic (exact) mass is 610 g/mol. The molecule has 4 rings (SSSR count). The van der Waals surface area contributed by atoms with Gasteiger partial charge in [0.15, 0.2) is 0 Å². The Morgan fingerprint density at radius 3 is 2.36 bits per heavy atom. The summed E-state index contributed by atoms with van der Waals surface area (Å²) in [7, 11) is 3.96. The minimum atomic E-state index is -0.395. The average Bonchev–Trinajstić information content (AvgIpc) is 2.83. The van der Waals surface area contributed by atoms with Gasteiger partial charge in [0.05, 0.1) is 17.1 Å². The molecule has 0 saturated heterocycles. The Labute approximate surface area is 227 Å². The van der Waals surface area contributed by atoms with Crippen molar-refractivity contribution in [2.75, 3.05) is 19.0 Å². The Bertz CT molecular complexity index is 1490. The molecule has 0 amide bonds. The number of fused-ring (bicyclic) bond motifs is 1. The van der Waals surface area contributed by atoms with Crippen LogP contribution in [-0.4, -0.2) is 30.0 Å². The van der Waals surface area contributed by atoms with Crippen LogP contribution < -0.4 is 15.2 Å². The summed E-state index contributed by atoms with van der Waals surface area (Å²) in [5, 5.41) is 5.13. The number of rotatable bonds is 6. The first-order valence-corrected chi connectivity index (χ1v) is 13.1. The molecule has 0 atom stereocenters. The average molecular weight is 612 g/mol. The summed E-state index contributed by atoms with van der Waals surface area (Å²) in [6, 6.07) is 19.4. The van der Waals surface area contributed by atoms with Gasteiger partial charge in [-0.1, -0.05) is 64.8 Å². The van der Waals surface area contributed by atoms with Crippen LogP contribution >= 0.6 is 31.9 Å². The molecular weight excluding hydrogens is 584 g/mol. The molecule has 0 fully saturated rings. The van der Waals surface area contributed by atoms with E-state index in [1.165, 1.54) is 4.68 Å². The van der Waals surface area contributed by atoms with Gasteiger partial charge < -0.3 is 9.64 Å². The first-order valence-electron chi connectivity index (χ1n) is 11.5. The largest absolute Gasteiger partial charge is 0.488 e. The molecular formula is C28H28Br2N4O2. The van der Waals surface area contributed by atoms with Crippen molar-refractivity contribution in [3.63, 3.8) is 0 Å². The molecule has 0 aliphatic heterocycles. The van der Waals surface area contributed by atoms with Crippen LogP contribution in [0.3, 0.4) is 0 Å². The number of halogens is 2. The highest BCUT2D eigenvalue weighted by molar-refractivity contribution is 9.10. The second kappa shape index (κ2) is 10.6. The highest BCUT2D eigenvalue weighted by atomic mass is 79.9. The van der Waals surface area contributed by atoms with Crippen LogP contribution in [0.5, 0.6) is 5.75 Å². The first-order chi connectivity index (χ1) is 17.0. The molecule has 0 unspecified atom stereocenters. The summed E-state index contributed by atoms with van der Waals surface area (Å²) >= 11 is 6.92. The normalized spacial score (nSPS) is 11.9. The molecule has 0 saturated carbocycles. The highest BCUT2D eigenvalue weighted by Crippen LogP contribution is 2.26. The summed E-state index contributed by atoms with van der Waals surface area (Å²) in [5.41, 5.74) is 2.85. The molecule has 36 heavy (non-hydrogen) atoms. The van der Waals surface area contributed by atoms with Gasteiger partial charge in [-0.3, -0.25) is 4.79 Å². The van der Waals surface area contributed by atoms with E-state index in [-0.39, 0.29) is 5.56 Å². The van der Waals surface area contributed by atoms with E-state index in [9.17, 15) is 4.79 Å². The Morgan fingerprint density at radius 1 is 1.00 bits per heavy atom. The lowest BCUT2D eigenvalue weighted by atomic mass is 9.95. The minimum absolute atomic E-state index is 0.218. The highest BCUT2D eigenvalue weighted by Gasteiger charge is 2.23. The van der Waals surface area contributed by atoms with E-state index in [1.807, 2.05) is 94.4 Å². The Kier molecular flexibility index (Phi) is 7.66. The van der Waals surface area contributed by atoms with E-state index >= 15 is 0 Å². The molecule has 0 aliphatic carbocycles. The molecule has 186 valence electrons. The van der Waals surface area contributed by atoms with Crippen molar-refractivity contribution < 1.29 is 4.74 Å². The number of ether oxygens (including phenoxy) is 1. The Hall–Kier alpha value is -2.97. The topological polar surface area (TPSA) is 59.7 Å². The third-order valence-corrected chi connectivity index (χ3v) is 6.63. The van der Waals surface area contributed by atoms with Gasteiger partial charge in [0.2, 0.25) is 0 Å². The SMILES string of the molecule is CN(C)c1ccc(C=Nn2c(C(C)(C)C)nc3ccc(Br)cc3c2=O)c(OCc2ccc(Br)cc2)c1. The van der Waals surface area contributed by atoms with E-state index in [2.05, 4.69) is 37.0 Å². The molecule has 4 aromatic rings. The second-order valence-corrected chi connectivity index (χ2v) is 11.6. The zero-order valence-electron chi connectivity index (χ0n) is 20.9. The standard InChI is InChI=1S/C28H28Br2N4O2/c1-28(2,3)27-32-24-13-11-21(30)14-23(24)26(35)34(27)31-16-19-8-12-22(33(4)5)15-25(19)36-17-18-6-9-20(29)10-7-18/h6-16H,17H2,1-5H3. The van der Waals surface area contributed by atoms with Crippen molar-refractivity contribution in [2.45, 2.75) is 32.8 Å². The van der Waals surface area contributed by atoms with Crippen molar-refractivity contribution >= 4 is 54.7 Å². The van der Waals surface area contributed by atoms with Gasteiger partial charge in [-0.25, -0.2) is 4.98 Å². The number of benzene rings is 3. The van der Waals surface area contributed by atoms with E-state index in [1.54, 1.807) is 12.3 Å². The third kappa shape index (κ3) is 5.87. The fourth-order valence-electron chi connectivity index (χ4n) is 3.64. The van der Waals surface area contributed by atoms with Crippen LogP contribution in [-0.2, 0) is 12.0 Å². The van der Waals surface area contributed by atoms with Gasteiger partial charge in [-0.15, -0.1) is 0 Å². The van der Waals surface area contributed by atoms with E-state index in [0.717, 1.165) is 25.8 Å². The van der Waals surface area contributed by atoms with Crippen molar-refractivity contribution in [3.8, 4) is 5.75 Å². The smallest absolute Gasteiger partial charge is 0.282 e. The van der Waals surface area contributed by atoms with Gasteiger partial charge in [0.25, 0.3) is 5.56 Å². The van der Waals surface area contributed by atoms with E-state index in [0.29, 0.717) is 29.1 Å². The molecule has 6 nitrogen and oxygen atoms in total. The van der Waals surface area contributed by atoms with Crippen LogP contribution in [0.2, 0.25) is 0 Å². The maximum Gasteiger partial charge on any atom is 0.282 e. The summed E-state index contributed by atoms with van der Waals surface area (Å²) in [5.74, 6) is 1.26. The number of hydrogen-bond donors (Lipinski definition) is 0. The summed E-state index contributed by atoms with van der Waals surface area (Å²) in [6.45, 7) is 6.46. The summed E-state index contributed by atoms with van der Waals surface area (Å²) < 4.78 is 9.44. The fourth-order valence-corrected chi connectivity index (χ4v) is 4.26. The van der Waals surface area contributed by atoms with Crippen LogP contribution in [0.1, 0.15) is 37.7 Å². The predicted octanol–water partition coefficient (Wildman–Crippen LogP) is 6.75. The lowest BCUT2D eigenvalue weighted by molar-refractivity contribution is 0.306. The van der Waals surface area contributed by atoms with Gasteiger partial charge in [-0.05, 0) is 48.0 Å². The molecule has 0 radical (unpaired) electrons. The number of anilines is 1. The maximum atomic E-state index is 13.5. The van der Waals surface area contributed by atoms with Gasteiger partial charge in [-0.2, -0.15) is 9.78 Å². The molecule has 8 heteroatoms. The Balaban J connectivity index is 1.78. The molecule has 3 aromatic carbocycles. The van der Waals surface area contributed by atoms with Crippen molar-refractivity contribution in [2.24, 2.45) is 5.10 Å². The van der Waals surface area contributed by atoms with Crippen LogP contribution in [0, 0.1) is 0 Å². The quantitative estimate of drug-likeness (QED) is 0.226. The summed E-state index contributed by atoms with van der Waals surface area (Å²) in [6.07, 6.45) is 1.67. The number of nitrogens with zero attached hydrogens (tertiary/aromatic N) is 4. The minimum Gasteiger partial charge on any atom is -0.488 e. The Morgan fingerprint density at radius 2 is 1.69 bits per heavy atom.